The van der Waals surface area contributed by atoms with Gasteiger partial charge in [0.1, 0.15) is 5.82 Å². The Morgan fingerprint density at radius 2 is 1.69 bits per heavy atom. The second kappa shape index (κ2) is 7.73. The van der Waals surface area contributed by atoms with E-state index in [1.54, 1.807) is 7.05 Å². The van der Waals surface area contributed by atoms with Crippen molar-refractivity contribution >= 4 is 11.2 Å². The fourth-order valence-corrected chi connectivity index (χ4v) is 3.55. The number of hydrogen-bond acceptors (Lipinski definition) is 6. The van der Waals surface area contributed by atoms with Gasteiger partial charge < -0.3 is 14.6 Å². The average molecular weight is 364 g/mol. The normalized spacial score (nSPS) is 16.6. The van der Waals surface area contributed by atoms with Crippen LogP contribution in [0.25, 0.3) is 11.2 Å². The summed E-state index contributed by atoms with van der Waals surface area (Å²) in [5.74, 6) is 0.775. The van der Waals surface area contributed by atoms with Crippen LogP contribution < -0.4 is 11.2 Å². The number of aliphatic hydroxyl groups is 1. The highest BCUT2D eigenvalue weighted by atomic mass is 16.3. The maximum atomic E-state index is 12.7. The summed E-state index contributed by atoms with van der Waals surface area (Å²) in [5.41, 5.74) is 0.136. The number of fused-ring (bicyclic) bond motifs is 1. The fourth-order valence-electron chi connectivity index (χ4n) is 3.55. The summed E-state index contributed by atoms with van der Waals surface area (Å²) in [6.45, 7) is 8.35. The summed E-state index contributed by atoms with van der Waals surface area (Å²) < 4.78 is 4.41. The molecule has 3 heterocycles. The predicted molar refractivity (Wildman–Crippen MR) is 99.3 cm³/mol. The molecule has 0 unspecified atom stereocenters. The van der Waals surface area contributed by atoms with Crippen LogP contribution in [0, 0.1) is 0 Å². The summed E-state index contributed by atoms with van der Waals surface area (Å²) in [7, 11) is 3.12. The summed E-state index contributed by atoms with van der Waals surface area (Å²) in [5, 5.41) is 9.24. The predicted octanol–water partition coefficient (Wildman–Crippen LogP) is -1.05. The van der Waals surface area contributed by atoms with E-state index in [9.17, 15) is 14.7 Å². The minimum absolute atomic E-state index is 0.0420. The van der Waals surface area contributed by atoms with Crippen molar-refractivity contribution < 1.29 is 5.11 Å². The Morgan fingerprint density at radius 1 is 1.04 bits per heavy atom. The topological polar surface area (TPSA) is 88.5 Å². The molecule has 9 nitrogen and oxygen atoms in total. The summed E-state index contributed by atoms with van der Waals surface area (Å²) in [4.78, 5) is 34.3. The van der Waals surface area contributed by atoms with Gasteiger partial charge in [-0.2, -0.15) is 0 Å². The number of aliphatic hydroxyl groups excluding tert-OH is 1. The first kappa shape index (κ1) is 18.8. The Kier molecular flexibility index (Phi) is 5.59. The molecular formula is C17H28N6O3. The molecule has 26 heavy (non-hydrogen) atoms. The van der Waals surface area contributed by atoms with E-state index >= 15 is 0 Å². The zero-order chi connectivity index (χ0) is 18.8. The molecule has 1 aliphatic heterocycles. The van der Waals surface area contributed by atoms with E-state index in [-0.39, 0.29) is 17.9 Å². The minimum atomic E-state index is -0.377. The van der Waals surface area contributed by atoms with E-state index in [0.29, 0.717) is 30.7 Å². The van der Waals surface area contributed by atoms with Crippen LogP contribution in [0.4, 0.5) is 0 Å². The summed E-state index contributed by atoms with van der Waals surface area (Å²) >= 11 is 0. The van der Waals surface area contributed by atoms with Crippen molar-refractivity contribution in [2.24, 2.45) is 14.1 Å². The van der Waals surface area contributed by atoms with Crippen LogP contribution in [0.2, 0.25) is 0 Å². The van der Waals surface area contributed by atoms with Gasteiger partial charge in [0, 0.05) is 53.4 Å². The van der Waals surface area contributed by atoms with Gasteiger partial charge in [0.05, 0.1) is 6.54 Å². The van der Waals surface area contributed by atoms with Crippen molar-refractivity contribution in [2.45, 2.75) is 26.4 Å². The molecule has 144 valence electrons. The number of rotatable bonds is 6. The van der Waals surface area contributed by atoms with Gasteiger partial charge in [-0.15, -0.1) is 0 Å². The first-order valence-corrected chi connectivity index (χ1v) is 9.18. The smallest absolute Gasteiger partial charge is 0.332 e. The molecule has 2 aromatic heterocycles. The summed E-state index contributed by atoms with van der Waals surface area (Å²) in [6, 6.07) is 0. The molecule has 3 rings (SSSR count). The number of likely N-dealkylation sites (N-methyl/N-ethyl adjacent to an activating group) is 1. The molecule has 2 aromatic rings. The largest absolute Gasteiger partial charge is 0.396 e. The van der Waals surface area contributed by atoms with E-state index in [0.717, 1.165) is 43.1 Å². The lowest BCUT2D eigenvalue weighted by molar-refractivity contribution is 0.128. The Bertz CT molecular complexity index is 889. The zero-order valence-electron chi connectivity index (χ0n) is 15.8. The monoisotopic (exact) mass is 364 g/mol. The van der Waals surface area contributed by atoms with E-state index < -0.39 is 0 Å². The van der Waals surface area contributed by atoms with E-state index in [1.807, 2.05) is 4.57 Å². The highest BCUT2D eigenvalue weighted by Crippen LogP contribution is 2.15. The first-order valence-electron chi connectivity index (χ1n) is 9.18. The molecule has 1 aliphatic rings. The quantitative estimate of drug-likeness (QED) is 0.704. The van der Waals surface area contributed by atoms with Crippen LogP contribution >= 0.6 is 0 Å². The highest BCUT2D eigenvalue weighted by Gasteiger charge is 2.22. The third kappa shape index (κ3) is 3.34. The van der Waals surface area contributed by atoms with Crippen molar-refractivity contribution in [1.29, 1.82) is 0 Å². The molecule has 9 heteroatoms. The van der Waals surface area contributed by atoms with Crippen LogP contribution in [0.15, 0.2) is 9.59 Å². The number of aromatic nitrogens is 4. The first-order chi connectivity index (χ1) is 12.5. The van der Waals surface area contributed by atoms with Crippen molar-refractivity contribution in [3.8, 4) is 0 Å². The fraction of sp³-hybridized carbons (Fsp3) is 0.706. The molecular weight excluding hydrogens is 336 g/mol. The molecule has 1 N–H and O–H groups in total. The molecule has 0 aliphatic carbocycles. The van der Waals surface area contributed by atoms with Gasteiger partial charge >= 0.3 is 5.69 Å². The third-order valence-corrected chi connectivity index (χ3v) is 5.24. The lowest BCUT2D eigenvalue weighted by Gasteiger charge is -2.33. The number of aryl methyl sites for hydroxylation is 2. The average Bonchev–Trinajstić information content (AvgIpc) is 3.01. The van der Waals surface area contributed by atoms with Gasteiger partial charge in [0.25, 0.3) is 5.56 Å². The van der Waals surface area contributed by atoms with Gasteiger partial charge in [-0.1, -0.05) is 6.92 Å². The second-order valence-corrected chi connectivity index (χ2v) is 6.85. The Hall–Kier alpha value is -1.97. The van der Waals surface area contributed by atoms with Crippen LogP contribution in [-0.2, 0) is 27.2 Å². The van der Waals surface area contributed by atoms with Gasteiger partial charge in [0.15, 0.2) is 11.2 Å². The molecule has 0 atom stereocenters. The van der Waals surface area contributed by atoms with Crippen molar-refractivity contribution in [2.75, 3.05) is 39.3 Å². The standard InChI is InChI=1S/C17H28N6O3/c1-4-21-7-9-22(10-8-21)12-13-18-15-14(23(13)6-5-11-24)16(25)20(3)17(26)19(15)2/h24H,4-12H2,1-3H3. The van der Waals surface area contributed by atoms with E-state index in [1.165, 1.54) is 11.6 Å². The number of imidazole rings is 1. The highest BCUT2D eigenvalue weighted by molar-refractivity contribution is 5.71. The molecule has 0 spiro atoms. The number of hydrogen-bond donors (Lipinski definition) is 1. The van der Waals surface area contributed by atoms with Crippen LogP contribution in [0.5, 0.6) is 0 Å². The maximum absolute atomic E-state index is 12.7. The lowest BCUT2D eigenvalue weighted by Crippen LogP contribution is -2.45. The molecule has 0 radical (unpaired) electrons. The van der Waals surface area contributed by atoms with Gasteiger partial charge in [-0.05, 0) is 13.0 Å². The van der Waals surface area contributed by atoms with Crippen molar-refractivity contribution in [3.63, 3.8) is 0 Å². The second-order valence-electron chi connectivity index (χ2n) is 6.85. The SMILES string of the molecule is CCN1CCN(Cc2nc3c(c(=O)n(C)c(=O)n3C)n2CCCO)CC1. The molecule has 1 fully saturated rings. The Balaban J connectivity index is 2.01. The molecule has 0 aromatic carbocycles. The Morgan fingerprint density at radius 3 is 2.31 bits per heavy atom. The van der Waals surface area contributed by atoms with Gasteiger partial charge in [-0.25, -0.2) is 9.78 Å². The molecule has 0 amide bonds. The third-order valence-electron chi connectivity index (χ3n) is 5.24. The van der Waals surface area contributed by atoms with E-state index in [4.69, 9.17) is 0 Å². The Labute approximate surface area is 152 Å². The molecule has 0 bridgehead atoms. The molecule has 1 saturated heterocycles. The number of nitrogens with zero attached hydrogens (tertiary/aromatic N) is 6. The van der Waals surface area contributed by atoms with Crippen LogP contribution in [-0.4, -0.2) is 72.9 Å². The van der Waals surface area contributed by atoms with Crippen molar-refractivity contribution in [3.05, 3.63) is 26.7 Å². The molecule has 0 saturated carbocycles. The van der Waals surface area contributed by atoms with E-state index in [2.05, 4.69) is 21.7 Å². The lowest BCUT2D eigenvalue weighted by atomic mass is 10.3. The maximum Gasteiger partial charge on any atom is 0.332 e. The number of piperazine rings is 1. The summed E-state index contributed by atoms with van der Waals surface area (Å²) in [6.07, 6.45) is 0.536. The van der Waals surface area contributed by atoms with Gasteiger partial charge in [-0.3, -0.25) is 18.8 Å². The van der Waals surface area contributed by atoms with Crippen LogP contribution in [0.3, 0.4) is 0 Å². The van der Waals surface area contributed by atoms with Crippen molar-refractivity contribution in [1.82, 2.24) is 28.5 Å². The van der Waals surface area contributed by atoms with Crippen LogP contribution in [0.1, 0.15) is 19.2 Å². The van der Waals surface area contributed by atoms with Gasteiger partial charge in [0.2, 0.25) is 0 Å². The zero-order valence-corrected chi connectivity index (χ0v) is 15.8. The minimum Gasteiger partial charge on any atom is -0.396 e.